The summed E-state index contributed by atoms with van der Waals surface area (Å²) in [4.78, 5) is 25.2. The van der Waals surface area contributed by atoms with E-state index < -0.39 is 23.0 Å². The minimum absolute atomic E-state index is 0.369. The minimum atomic E-state index is -0.949. The lowest BCUT2D eigenvalue weighted by Gasteiger charge is -2.58. The monoisotopic (exact) mass is 361 g/mol. The fourth-order valence-corrected chi connectivity index (χ4v) is 5.57. The number of hydrogen-bond acceptors (Lipinski definition) is 4. The summed E-state index contributed by atoms with van der Waals surface area (Å²) in [7, 11) is 0. The summed E-state index contributed by atoms with van der Waals surface area (Å²) in [5.41, 5.74) is -0.949. The number of carbonyl (C=O) groups is 2. The number of esters is 1. The van der Waals surface area contributed by atoms with Crippen LogP contribution in [0.4, 0.5) is 10.1 Å². The van der Waals surface area contributed by atoms with Crippen molar-refractivity contribution in [1.29, 1.82) is 0 Å². The molecule has 4 fully saturated rings. The summed E-state index contributed by atoms with van der Waals surface area (Å²) in [6, 6.07) is 5.41. The summed E-state index contributed by atoms with van der Waals surface area (Å²) in [6.07, 6.45) is 3.62. The van der Waals surface area contributed by atoms with Crippen molar-refractivity contribution >= 4 is 17.6 Å². The fraction of sp³-hybridized carbons (Fsp3) is 0.600. The zero-order valence-electron chi connectivity index (χ0n) is 14.8. The third-order valence-electron chi connectivity index (χ3n) is 6.23. The van der Waals surface area contributed by atoms with Gasteiger partial charge in [0.2, 0.25) is 0 Å². The number of hydrogen-bond donors (Lipinski definition) is 2. The van der Waals surface area contributed by atoms with Crippen molar-refractivity contribution in [2.75, 3.05) is 5.32 Å². The van der Waals surface area contributed by atoms with Crippen LogP contribution in [0.1, 0.15) is 45.4 Å². The number of aliphatic hydroxyl groups is 1. The molecule has 5 atom stereocenters. The van der Waals surface area contributed by atoms with Crippen LogP contribution in [0.25, 0.3) is 0 Å². The molecule has 2 N–H and O–H groups in total. The first-order valence-electron chi connectivity index (χ1n) is 9.27. The van der Waals surface area contributed by atoms with E-state index in [4.69, 9.17) is 4.74 Å². The zero-order valence-corrected chi connectivity index (χ0v) is 14.8. The highest BCUT2D eigenvalue weighted by molar-refractivity contribution is 5.95. The van der Waals surface area contributed by atoms with Crippen LogP contribution in [0.3, 0.4) is 0 Å². The number of carbonyl (C=O) groups excluding carboxylic acids is 2. The van der Waals surface area contributed by atoms with Crippen LogP contribution in [0.2, 0.25) is 0 Å². The molecule has 1 amide bonds. The first-order chi connectivity index (χ1) is 12.3. The lowest BCUT2D eigenvalue weighted by molar-refractivity contribution is -0.199. The van der Waals surface area contributed by atoms with Gasteiger partial charge in [0.05, 0.1) is 11.0 Å². The summed E-state index contributed by atoms with van der Waals surface area (Å²) < 4.78 is 18.4. The number of anilines is 1. The van der Waals surface area contributed by atoms with Gasteiger partial charge in [-0.3, -0.25) is 9.59 Å². The van der Waals surface area contributed by atoms with E-state index in [0.29, 0.717) is 23.9 Å². The molecule has 1 aromatic carbocycles. The van der Waals surface area contributed by atoms with Crippen LogP contribution >= 0.6 is 0 Å². The van der Waals surface area contributed by atoms with Crippen LogP contribution in [0.5, 0.6) is 0 Å². The van der Waals surface area contributed by atoms with Crippen LogP contribution in [-0.2, 0) is 14.3 Å². The first kappa shape index (κ1) is 17.5. The van der Waals surface area contributed by atoms with Crippen LogP contribution in [-0.4, -0.2) is 28.7 Å². The minimum Gasteiger partial charge on any atom is -0.452 e. The molecule has 1 aromatic rings. The van der Waals surface area contributed by atoms with Gasteiger partial charge in [-0.1, -0.05) is 0 Å². The Morgan fingerprint density at radius 1 is 1.19 bits per heavy atom. The average molecular weight is 361 g/mol. The van der Waals surface area contributed by atoms with E-state index in [2.05, 4.69) is 5.32 Å². The average Bonchev–Trinajstić information content (AvgIpc) is 2.54. The number of amides is 1. The highest BCUT2D eigenvalue weighted by Crippen LogP contribution is 2.62. The molecule has 4 bridgehead atoms. The summed E-state index contributed by atoms with van der Waals surface area (Å²) >= 11 is 0. The van der Waals surface area contributed by atoms with Crippen LogP contribution < -0.4 is 5.32 Å². The maximum Gasteiger partial charge on any atom is 0.312 e. The van der Waals surface area contributed by atoms with Gasteiger partial charge in [0, 0.05) is 5.69 Å². The molecule has 5 nitrogen and oxygen atoms in total. The third kappa shape index (κ3) is 3.11. The van der Waals surface area contributed by atoms with Gasteiger partial charge in [0.1, 0.15) is 5.82 Å². The van der Waals surface area contributed by atoms with E-state index >= 15 is 0 Å². The van der Waals surface area contributed by atoms with E-state index in [1.807, 2.05) is 0 Å². The molecule has 0 aromatic heterocycles. The molecule has 4 saturated carbocycles. The van der Waals surface area contributed by atoms with Gasteiger partial charge in [0.15, 0.2) is 6.10 Å². The second-order valence-corrected chi connectivity index (χ2v) is 8.51. The lowest BCUT2D eigenvalue weighted by Crippen LogP contribution is -2.59. The Morgan fingerprint density at radius 3 is 2.38 bits per heavy atom. The van der Waals surface area contributed by atoms with Gasteiger partial charge >= 0.3 is 5.97 Å². The molecule has 5 rings (SSSR count). The van der Waals surface area contributed by atoms with Gasteiger partial charge in [-0.15, -0.1) is 0 Å². The largest absolute Gasteiger partial charge is 0.452 e. The van der Waals surface area contributed by atoms with E-state index in [9.17, 15) is 19.1 Å². The molecule has 26 heavy (non-hydrogen) atoms. The molecule has 4 aliphatic rings. The Bertz CT molecular complexity index is 718. The van der Waals surface area contributed by atoms with Crippen molar-refractivity contribution in [2.24, 2.45) is 17.3 Å². The molecular formula is C20H24FNO4. The van der Waals surface area contributed by atoms with E-state index in [1.165, 1.54) is 31.2 Å². The first-order valence-corrected chi connectivity index (χ1v) is 9.27. The Labute approximate surface area is 151 Å². The molecule has 6 heteroatoms. The van der Waals surface area contributed by atoms with Crippen LogP contribution in [0, 0.1) is 23.1 Å². The number of halogens is 1. The Kier molecular flexibility index (Phi) is 4.06. The van der Waals surface area contributed by atoms with Crippen molar-refractivity contribution in [1.82, 2.24) is 0 Å². The number of nitrogens with one attached hydrogen (secondary N) is 1. The Balaban J connectivity index is 1.41. The molecule has 0 saturated heterocycles. The summed E-state index contributed by atoms with van der Waals surface area (Å²) in [5, 5.41) is 13.4. The van der Waals surface area contributed by atoms with Gasteiger partial charge in [-0.25, -0.2) is 4.39 Å². The molecule has 0 radical (unpaired) electrons. The van der Waals surface area contributed by atoms with Crippen molar-refractivity contribution in [3.8, 4) is 0 Å². The Hall–Kier alpha value is -1.95. The molecule has 2 unspecified atom stereocenters. The van der Waals surface area contributed by atoms with Gasteiger partial charge < -0.3 is 15.2 Å². The molecule has 0 aliphatic heterocycles. The van der Waals surface area contributed by atoms with Crippen LogP contribution in [0.15, 0.2) is 24.3 Å². The fourth-order valence-electron chi connectivity index (χ4n) is 5.57. The van der Waals surface area contributed by atoms with Crippen molar-refractivity contribution in [3.63, 3.8) is 0 Å². The van der Waals surface area contributed by atoms with Gasteiger partial charge in [-0.2, -0.15) is 0 Å². The lowest BCUT2D eigenvalue weighted by atomic mass is 9.48. The zero-order chi connectivity index (χ0) is 18.5. The topological polar surface area (TPSA) is 75.6 Å². The molecule has 0 heterocycles. The summed E-state index contributed by atoms with van der Waals surface area (Å²) in [6.45, 7) is 1.53. The highest BCUT2D eigenvalue weighted by Gasteiger charge is 2.61. The van der Waals surface area contributed by atoms with Crippen molar-refractivity contribution in [3.05, 3.63) is 30.1 Å². The van der Waals surface area contributed by atoms with Gasteiger partial charge in [-0.05, 0) is 81.5 Å². The molecular weight excluding hydrogens is 337 g/mol. The standard InChI is InChI=1S/C20H24FNO4/c1-12(17(23)22-16-4-2-15(21)3-5-16)26-18(24)19-7-13-6-14(8-19)10-20(25,9-13)11-19/h2-5,12-14,25H,6-11H2,1H3,(H,22,23)/t12-,13-,14+,19?,20?/m0/s1. The van der Waals surface area contributed by atoms with E-state index in [0.717, 1.165) is 32.1 Å². The van der Waals surface area contributed by atoms with Gasteiger partial charge in [0.25, 0.3) is 5.91 Å². The molecule has 0 spiro atoms. The number of benzene rings is 1. The quantitative estimate of drug-likeness (QED) is 0.809. The maximum absolute atomic E-state index is 12.9. The SMILES string of the molecule is C[C@H](OC(=O)C12C[C@@H]3C[C@@H](CC(O)(C3)C1)C2)C(=O)Nc1ccc(F)cc1. The number of ether oxygens (including phenoxy) is 1. The predicted molar refractivity (Wildman–Crippen MR) is 92.6 cm³/mol. The van der Waals surface area contributed by atoms with Crippen molar-refractivity contribution in [2.45, 2.75) is 57.2 Å². The summed E-state index contributed by atoms with van der Waals surface area (Å²) in [5.74, 6) is -0.461. The molecule has 140 valence electrons. The third-order valence-corrected chi connectivity index (χ3v) is 6.23. The second-order valence-electron chi connectivity index (χ2n) is 8.51. The van der Waals surface area contributed by atoms with E-state index in [-0.39, 0.29) is 11.8 Å². The van der Waals surface area contributed by atoms with Crippen molar-refractivity contribution < 1.29 is 23.8 Å². The highest BCUT2D eigenvalue weighted by atomic mass is 19.1. The number of rotatable bonds is 4. The maximum atomic E-state index is 12.9. The van der Waals surface area contributed by atoms with E-state index in [1.54, 1.807) is 0 Å². The normalized spacial score (nSPS) is 35.8. The molecule has 4 aliphatic carbocycles. The smallest absolute Gasteiger partial charge is 0.312 e. The second kappa shape index (κ2) is 6.05. The predicted octanol–water partition coefficient (Wildman–Crippen LogP) is 3.03. The Morgan fingerprint density at radius 2 is 1.81 bits per heavy atom.